The maximum absolute atomic E-state index is 12.3. The number of carbonyl (C=O) groups is 2. The van der Waals surface area contributed by atoms with Crippen LogP contribution in [-0.4, -0.2) is 41.5 Å². The molecule has 3 aromatic rings. The van der Waals surface area contributed by atoms with E-state index in [9.17, 15) is 14.4 Å². The first kappa shape index (κ1) is 21.8. The normalized spacial score (nSPS) is 10.4. The van der Waals surface area contributed by atoms with Gasteiger partial charge in [0.15, 0.2) is 12.4 Å². The summed E-state index contributed by atoms with van der Waals surface area (Å²) in [6.45, 7) is 1.86. The van der Waals surface area contributed by atoms with Crippen LogP contribution in [0.3, 0.4) is 0 Å². The molecule has 1 heterocycles. The summed E-state index contributed by atoms with van der Waals surface area (Å²) in [6, 6.07) is 15.3. The van der Waals surface area contributed by atoms with Crippen molar-refractivity contribution in [1.82, 2.24) is 14.9 Å². The summed E-state index contributed by atoms with van der Waals surface area (Å²) < 4.78 is 11.9. The summed E-state index contributed by atoms with van der Waals surface area (Å²) in [5, 5.41) is 2.70. The van der Waals surface area contributed by atoms with Gasteiger partial charge in [-0.05, 0) is 55.5 Å². The van der Waals surface area contributed by atoms with Crippen molar-refractivity contribution in [2.45, 2.75) is 13.5 Å². The molecule has 0 spiro atoms. The van der Waals surface area contributed by atoms with Crippen molar-refractivity contribution >= 4 is 11.7 Å². The molecular formula is C23H23N3O5. The first-order valence-electron chi connectivity index (χ1n) is 9.67. The summed E-state index contributed by atoms with van der Waals surface area (Å²) >= 11 is 0. The van der Waals surface area contributed by atoms with E-state index in [2.05, 4.69) is 10.3 Å². The van der Waals surface area contributed by atoms with Crippen LogP contribution >= 0.6 is 0 Å². The van der Waals surface area contributed by atoms with Crippen LogP contribution in [-0.2, 0) is 11.3 Å². The molecule has 31 heavy (non-hydrogen) atoms. The standard InChI is InChI=1S/C23H23N3O5/c1-16(27)17-3-9-20(10-4-17)31-14-22(28)24-11-12-26-15-25-21(13-23(26)29)18-5-7-19(30-2)8-6-18/h3-10,13,15H,11-12,14H2,1-2H3,(H,24,28). The molecule has 0 atom stereocenters. The molecule has 1 amide bonds. The molecule has 160 valence electrons. The van der Waals surface area contributed by atoms with Gasteiger partial charge in [-0.1, -0.05) is 0 Å². The lowest BCUT2D eigenvalue weighted by Gasteiger charge is -2.09. The first-order valence-corrected chi connectivity index (χ1v) is 9.67. The van der Waals surface area contributed by atoms with Gasteiger partial charge in [-0.25, -0.2) is 4.98 Å². The van der Waals surface area contributed by atoms with Crippen molar-refractivity contribution < 1.29 is 19.1 Å². The van der Waals surface area contributed by atoms with Crippen LogP contribution in [0.4, 0.5) is 0 Å². The van der Waals surface area contributed by atoms with Gasteiger partial charge in [-0.2, -0.15) is 0 Å². The van der Waals surface area contributed by atoms with Crippen molar-refractivity contribution in [3.8, 4) is 22.8 Å². The quantitative estimate of drug-likeness (QED) is 0.533. The lowest BCUT2D eigenvalue weighted by atomic mass is 10.1. The van der Waals surface area contributed by atoms with E-state index in [1.54, 1.807) is 43.5 Å². The molecule has 0 fully saturated rings. The molecule has 0 bridgehead atoms. The number of hydrogen-bond donors (Lipinski definition) is 1. The van der Waals surface area contributed by atoms with E-state index >= 15 is 0 Å². The van der Waals surface area contributed by atoms with Gasteiger partial charge in [0, 0.05) is 30.3 Å². The number of Topliss-reactive ketones (excluding diaryl/α,β-unsaturated/α-hetero) is 1. The lowest BCUT2D eigenvalue weighted by Crippen LogP contribution is -2.33. The highest BCUT2D eigenvalue weighted by atomic mass is 16.5. The SMILES string of the molecule is COc1ccc(-c2cc(=O)n(CCNC(=O)COc3ccc(C(C)=O)cc3)cn2)cc1. The van der Waals surface area contributed by atoms with Gasteiger partial charge >= 0.3 is 0 Å². The maximum atomic E-state index is 12.3. The van der Waals surface area contributed by atoms with E-state index < -0.39 is 0 Å². The number of ketones is 1. The Morgan fingerprint density at radius 3 is 2.32 bits per heavy atom. The Balaban J connectivity index is 1.47. The molecule has 8 heteroatoms. The molecular weight excluding hydrogens is 398 g/mol. The Hall–Kier alpha value is -3.94. The van der Waals surface area contributed by atoms with E-state index in [1.807, 2.05) is 12.1 Å². The molecule has 2 aromatic carbocycles. The van der Waals surface area contributed by atoms with Gasteiger partial charge in [0.2, 0.25) is 0 Å². The molecule has 0 saturated carbocycles. The summed E-state index contributed by atoms with van der Waals surface area (Å²) in [5.41, 5.74) is 1.75. The van der Waals surface area contributed by atoms with E-state index in [-0.39, 0.29) is 36.9 Å². The Labute approximate surface area is 179 Å². The fourth-order valence-electron chi connectivity index (χ4n) is 2.82. The average molecular weight is 421 g/mol. The van der Waals surface area contributed by atoms with Crippen molar-refractivity contribution in [2.75, 3.05) is 20.3 Å². The van der Waals surface area contributed by atoms with Gasteiger partial charge in [0.25, 0.3) is 11.5 Å². The molecule has 0 aliphatic rings. The summed E-state index contributed by atoms with van der Waals surface area (Å²) in [6.07, 6.45) is 1.46. The van der Waals surface area contributed by atoms with Crippen molar-refractivity contribution in [1.29, 1.82) is 0 Å². The van der Waals surface area contributed by atoms with E-state index in [0.29, 0.717) is 17.0 Å². The lowest BCUT2D eigenvalue weighted by molar-refractivity contribution is -0.123. The third-order valence-electron chi connectivity index (χ3n) is 4.57. The molecule has 0 unspecified atom stereocenters. The van der Waals surface area contributed by atoms with Crippen LogP contribution in [0, 0.1) is 0 Å². The van der Waals surface area contributed by atoms with Crippen LogP contribution in [0.25, 0.3) is 11.3 Å². The van der Waals surface area contributed by atoms with Gasteiger partial charge in [0.05, 0.1) is 19.1 Å². The number of rotatable bonds is 9. The van der Waals surface area contributed by atoms with Crippen LogP contribution in [0.15, 0.2) is 65.7 Å². The fourth-order valence-corrected chi connectivity index (χ4v) is 2.82. The predicted molar refractivity (Wildman–Crippen MR) is 115 cm³/mol. The number of ether oxygens (including phenoxy) is 2. The second kappa shape index (κ2) is 10.2. The summed E-state index contributed by atoms with van der Waals surface area (Å²) in [4.78, 5) is 39.9. The summed E-state index contributed by atoms with van der Waals surface area (Å²) in [7, 11) is 1.59. The number of amides is 1. The zero-order valence-electron chi connectivity index (χ0n) is 17.3. The van der Waals surface area contributed by atoms with Crippen molar-refractivity contribution in [3.05, 3.63) is 76.8 Å². The maximum Gasteiger partial charge on any atom is 0.258 e. The molecule has 3 rings (SSSR count). The summed E-state index contributed by atoms with van der Waals surface area (Å²) in [5.74, 6) is 0.872. The number of aromatic nitrogens is 2. The molecule has 1 N–H and O–H groups in total. The minimum atomic E-state index is -0.313. The molecule has 1 aromatic heterocycles. The number of methoxy groups -OCH3 is 1. The second-order valence-electron chi connectivity index (χ2n) is 6.75. The average Bonchev–Trinajstić information content (AvgIpc) is 2.79. The van der Waals surface area contributed by atoms with E-state index in [0.717, 1.165) is 11.3 Å². The van der Waals surface area contributed by atoms with E-state index in [1.165, 1.54) is 23.9 Å². The minimum absolute atomic E-state index is 0.0361. The highest BCUT2D eigenvalue weighted by molar-refractivity contribution is 5.94. The topological polar surface area (TPSA) is 99.5 Å². The molecule has 0 aliphatic heterocycles. The third kappa shape index (κ3) is 6.02. The van der Waals surface area contributed by atoms with Crippen LogP contribution in [0.2, 0.25) is 0 Å². The number of hydrogen-bond acceptors (Lipinski definition) is 6. The zero-order valence-corrected chi connectivity index (χ0v) is 17.3. The Bertz CT molecular complexity index is 1110. The van der Waals surface area contributed by atoms with Gasteiger partial charge in [0.1, 0.15) is 11.5 Å². The first-order chi connectivity index (χ1) is 15.0. The van der Waals surface area contributed by atoms with Crippen molar-refractivity contribution in [2.24, 2.45) is 0 Å². The number of nitrogens with one attached hydrogen (secondary N) is 1. The molecule has 0 radical (unpaired) electrons. The van der Waals surface area contributed by atoms with Crippen LogP contribution in [0.5, 0.6) is 11.5 Å². The monoisotopic (exact) mass is 421 g/mol. The van der Waals surface area contributed by atoms with E-state index in [4.69, 9.17) is 9.47 Å². The molecule has 0 aliphatic carbocycles. The predicted octanol–water partition coefficient (Wildman–Crippen LogP) is 2.32. The number of nitrogens with zero attached hydrogens (tertiary/aromatic N) is 2. The molecule has 0 saturated heterocycles. The molecule has 8 nitrogen and oxygen atoms in total. The smallest absolute Gasteiger partial charge is 0.258 e. The van der Waals surface area contributed by atoms with Crippen molar-refractivity contribution in [3.63, 3.8) is 0 Å². The highest BCUT2D eigenvalue weighted by Gasteiger charge is 2.06. The fraction of sp³-hybridized carbons (Fsp3) is 0.217. The Morgan fingerprint density at radius 1 is 1.03 bits per heavy atom. The van der Waals surface area contributed by atoms with Gasteiger partial charge in [-0.15, -0.1) is 0 Å². The van der Waals surface area contributed by atoms with Crippen LogP contribution < -0.4 is 20.3 Å². The second-order valence-corrected chi connectivity index (χ2v) is 6.75. The van der Waals surface area contributed by atoms with Crippen LogP contribution in [0.1, 0.15) is 17.3 Å². The van der Waals surface area contributed by atoms with Gasteiger partial charge in [-0.3, -0.25) is 19.0 Å². The Kier molecular flexibility index (Phi) is 7.16. The van der Waals surface area contributed by atoms with Gasteiger partial charge < -0.3 is 14.8 Å². The number of benzene rings is 2. The number of carbonyl (C=O) groups excluding carboxylic acids is 2. The third-order valence-corrected chi connectivity index (χ3v) is 4.57. The zero-order chi connectivity index (χ0) is 22.2. The highest BCUT2D eigenvalue weighted by Crippen LogP contribution is 2.19. The largest absolute Gasteiger partial charge is 0.497 e. The Morgan fingerprint density at radius 2 is 1.71 bits per heavy atom. The minimum Gasteiger partial charge on any atom is -0.497 e.